The van der Waals surface area contributed by atoms with Crippen molar-refractivity contribution < 1.29 is 37.0 Å². The fourth-order valence-corrected chi connectivity index (χ4v) is 3.89. The number of hydrogen-bond acceptors (Lipinski definition) is 4. The van der Waals surface area contributed by atoms with E-state index in [1.165, 1.54) is 0 Å². The molecule has 0 unspecified atom stereocenters. The molecule has 1 aliphatic carbocycles. The average Bonchev–Trinajstić information content (AvgIpc) is 2.76. The Morgan fingerprint density at radius 1 is 0.938 bits per heavy atom. The van der Waals surface area contributed by atoms with E-state index in [-0.39, 0.29) is 25.1 Å². The molecule has 1 N–H and O–H groups in total. The zero-order chi connectivity index (χ0) is 23.3. The molecule has 172 valence electrons. The van der Waals surface area contributed by atoms with E-state index in [4.69, 9.17) is 0 Å². The van der Waals surface area contributed by atoms with Gasteiger partial charge < -0.3 is 9.84 Å². The van der Waals surface area contributed by atoms with E-state index in [0.29, 0.717) is 12.1 Å². The van der Waals surface area contributed by atoms with Crippen LogP contribution in [0.15, 0.2) is 30.3 Å². The van der Waals surface area contributed by atoms with E-state index in [0.717, 1.165) is 37.7 Å². The van der Waals surface area contributed by atoms with E-state index in [1.807, 2.05) is 4.90 Å². The molecule has 3 rings (SSSR count). The lowest BCUT2D eigenvalue weighted by Gasteiger charge is -2.33. The summed E-state index contributed by atoms with van der Waals surface area (Å²) >= 11 is 0. The summed E-state index contributed by atoms with van der Waals surface area (Å²) in [5.74, 6) is -10.3. The van der Waals surface area contributed by atoms with Crippen LogP contribution in [0, 0.1) is 23.3 Å². The van der Waals surface area contributed by atoms with Crippen molar-refractivity contribution in [3.8, 4) is 5.75 Å². The van der Waals surface area contributed by atoms with Crippen LogP contribution in [-0.4, -0.2) is 34.5 Å². The third kappa shape index (κ3) is 6.06. The summed E-state index contributed by atoms with van der Waals surface area (Å²) in [6.45, 7) is 0.362. The maximum atomic E-state index is 13.7. The minimum absolute atomic E-state index is 0.0295. The molecule has 0 heterocycles. The summed E-state index contributed by atoms with van der Waals surface area (Å²) in [4.78, 5) is 25.2. The predicted molar refractivity (Wildman–Crippen MR) is 107 cm³/mol. The van der Waals surface area contributed by atoms with Crippen molar-refractivity contribution in [1.82, 2.24) is 4.90 Å². The molecule has 9 heteroatoms. The maximum absolute atomic E-state index is 13.7. The quantitative estimate of drug-likeness (QED) is 0.274. The Bertz CT molecular complexity index is 949. The zero-order valence-electron chi connectivity index (χ0n) is 17.3. The standard InChI is InChI=1S/C23H23F4NO4/c24-17-11-18(25)22(27)23(21(17)26)32-20(31)10-14-6-8-15(9-7-14)12-28(13-19(29)30)16-4-2-1-3-5-16/h6-9,11,16H,1-5,10,12-13H2,(H,29,30). The molecule has 5 nitrogen and oxygen atoms in total. The fourth-order valence-electron chi connectivity index (χ4n) is 3.89. The molecule has 0 bridgehead atoms. The van der Waals surface area contributed by atoms with Gasteiger partial charge in [-0.25, -0.2) is 8.78 Å². The number of nitrogens with zero attached hydrogens (tertiary/aromatic N) is 1. The largest absolute Gasteiger partial charge is 0.480 e. The van der Waals surface area contributed by atoms with Crippen molar-refractivity contribution in [3.05, 3.63) is 64.7 Å². The zero-order valence-corrected chi connectivity index (χ0v) is 17.3. The average molecular weight is 453 g/mol. The number of carbonyl (C=O) groups is 2. The van der Waals surface area contributed by atoms with Gasteiger partial charge >= 0.3 is 11.9 Å². The Balaban J connectivity index is 1.64. The monoisotopic (exact) mass is 453 g/mol. The second kappa shape index (κ2) is 10.6. The van der Waals surface area contributed by atoms with Crippen LogP contribution < -0.4 is 4.74 Å². The van der Waals surface area contributed by atoms with Gasteiger partial charge in [0.05, 0.1) is 13.0 Å². The van der Waals surface area contributed by atoms with Gasteiger partial charge in [-0.15, -0.1) is 0 Å². The van der Waals surface area contributed by atoms with Gasteiger partial charge in [0.2, 0.25) is 17.4 Å². The van der Waals surface area contributed by atoms with Gasteiger partial charge in [-0.2, -0.15) is 8.78 Å². The number of aliphatic carboxylic acids is 1. The van der Waals surface area contributed by atoms with Crippen molar-refractivity contribution in [2.45, 2.75) is 51.1 Å². The minimum Gasteiger partial charge on any atom is -0.480 e. The molecule has 2 aromatic rings. The molecule has 1 aliphatic rings. The first-order valence-electron chi connectivity index (χ1n) is 10.3. The summed E-state index contributed by atoms with van der Waals surface area (Å²) in [5.41, 5.74) is 1.30. The smallest absolute Gasteiger partial charge is 0.317 e. The van der Waals surface area contributed by atoms with Crippen molar-refractivity contribution in [3.63, 3.8) is 0 Å². The Labute approximate surface area is 182 Å². The molecule has 0 spiro atoms. The summed E-state index contributed by atoms with van der Waals surface area (Å²) in [7, 11) is 0. The number of carboxylic acids is 1. The molecule has 0 radical (unpaired) electrons. The van der Waals surface area contributed by atoms with E-state index in [2.05, 4.69) is 4.74 Å². The molecule has 32 heavy (non-hydrogen) atoms. The normalized spacial score (nSPS) is 14.5. The van der Waals surface area contributed by atoms with Crippen LogP contribution in [0.5, 0.6) is 5.75 Å². The number of halogens is 4. The number of ether oxygens (including phenoxy) is 1. The summed E-state index contributed by atoms with van der Waals surface area (Å²) in [5, 5.41) is 9.24. The van der Waals surface area contributed by atoms with E-state index in [1.54, 1.807) is 24.3 Å². The van der Waals surface area contributed by atoms with Crippen LogP contribution in [0.2, 0.25) is 0 Å². The number of esters is 1. The first kappa shape index (κ1) is 23.7. The van der Waals surface area contributed by atoms with Crippen LogP contribution >= 0.6 is 0 Å². The van der Waals surface area contributed by atoms with Crippen LogP contribution in [0.3, 0.4) is 0 Å². The third-order valence-corrected chi connectivity index (χ3v) is 5.47. The highest BCUT2D eigenvalue weighted by atomic mass is 19.2. The number of hydrogen-bond donors (Lipinski definition) is 1. The van der Waals surface area contributed by atoms with Gasteiger partial charge in [-0.1, -0.05) is 43.5 Å². The van der Waals surface area contributed by atoms with Crippen LogP contribution in [-0.2, 0) is 22.6 Å². The SMILES string of the molecule is O=C(O)CN(Cc1ccc(CC(=O)Oc2c(F)c(F)cc(F)c2F)cc1)C1CCCCC1. The van der Waals surface area contributed by atoms with Crippen LogP contribution in [0.25, 0.3) is 0 Å². The van der Waals surface area contributed by atoms with Gasteiger partial charge in [0.25, 0.3) is 0 Å². The van der Waals surface area contributed by atoms with Crippen molar-refractivity contribution in [1.29, 1.82) is 0 Å². The van der Waals surface area contributed by atoms with E-state index in [9.17, 15) is 32.3 Å². The van der Waals surface area contributed by atoms with Crippen molar-refractivity contribution in [2.75, 3.05) is 6.54 Å². The molecular weight excluding hydrogens is 430 g/mol. The number of rotatable bonds is 8. The minimum atomic E-state index is -1.78. The first-order valence-corrected chi connectivity index (χ1v) is 10.3. The van der Waals surface area contributed by atoms with Gasteiger partial charge in [-0.3, -0.25) is 14.5 Å². The van der Waals surface area contributed by atoms with Crippen LogP contribution in [0.4, 0.5) is 17.6 Å². The van der Waals surface area contributed by atoms with Gasteiger partial charge in [0.15, 0.2) is 11.6 Å². The molecule has 0 atom stereocenters. The Morgan fingerprint density at radius 3 is 2.06 bits per heavy atom. The van der Waals surface area contributed by atoms with Gasteiger partial charge in [0.1, 0.15) is 0 Å². The lowest BCUT2D eigenvalue weighted by atomic mass is 9.93. The summed E-state index contributed by atoms with van der Waals surface area (Å²) in [6, 6.07) is 6.89. The molecule has 1 saturated carbocycles. The summed E-state index contributed by atoms with van der Waals surface area (Å²) < 4.78 is 58.3. The predicted octanol–water partition coefficient (Wildman–Crippen LogP) is 4.61. The molecule has 0 aromatic heterocycles. The lowest BCUT2D eigenvalue weighted by Crippen LogP contribution is -2.39. The van der Waals surface area contributed by atoms with Gasteiger partial charge in [0, 0.05) is 18.7 Å². The molecular formula is C23H23F4NO4. The highest BCUT2D eigenvalue weighted by Crippen LogP contribution is 2.27. The van der Waals surface area contributed by atoms with Crippen molar-refractivity contribution >= 4 is 11.9 Å². The van der Waals surface area contributed by atoms with E-state index >= 15 is 0 Å². The highest BCUT2D eigenvalue weighted by molar-refractivity contribution is 5.75. The number of benzene rings is 2. The molecule has 0 amide bonds. The lowest BCUT2D eigenvalue weighted by molar-refractivity contribution is -0.139. The molecule has 2 aromatic carbocycles. The molecule has 1 fully saturated rings. The van der Waals surface area contributed by atoms with Gasteiger partial charge in [-0.05, 0) is 24.0 Å². The van der Waals surface area contributed by atoms with Crippen molar-refractivity contribution in [2.24, 2.45) is 0 Å². The summed E-state index contributed by atoms with van der Waals surface area (Å²) in [6.07, 6.45) is 4.81. The number of carboxylic acid groups (broad SMARTS) is 1. The second-order valence-corrected chi connectivity index (χ2v) is 7.86. The topological polar surface area (TPSA) is 66.8 Å². The third-order valence-electron chi connectivity index (χ3n) is 5.47. The molecule has 0 aliphatic heterocycles. The van der Waals surface area contributed by atoms with E-state index < -0.39 is 41.0 Å². The maximum Gasteiger partial charge on any atom is 0.317 e. The Morgan fingerprint density at radius 2 is 1.50 bits per heavy atom. The highest BCUT2D eigenvalue weighted by Gasteiger charge is 2.24. The Kier molecular flexibility index (Phi) is 7.84. The Hall–Kier alpha value is -2.94. The fraction of sp³-hybridized carbons (Fsp3) is 0.391. The van der Waals surface area contributed by atoms with Crippen LogP contribution in [0.1, 0.15) is 43.2 Å². The molecule has 0 saturated heterocycles. The second-order valence-electron chi connectivity index (χ2n) is 7.86. The first-order chi connectivity index (χ1) is 15.2. The number of carbonyl (C=O) groups excluding carboxylic acids is 1.